The van der Waals surface area contributed by atoms with Crippen molar-refractivity contribution in [1.29, 1.82) is 0 Å². The number of halogens is 3. The summed E-state index contributed by atoms with van der Waals surface area (Å²) in [5, 5.41) is 6.05. The van der Waals surface area contributed by atoms with Gasteiger partial charge in [-0.1, -0.05) is 23.9 Å². The average Bonchev–Trinajstić information content (AvgIpc) is 2.83. The number of esters is 1. The Labute approximate surface area is 210 Å². The summed E-state index contributed by atoms with van der Waals surface area (Å²) < 4.78 is 43.5. The molecule has 0 spiro atoms. The molecule has 0 bridgehead atoms. The highest BCUT2D eigenvalue weighted by molar-refractivity contribution is 8.13. The summed E-state index contributed by atoms with van der Waals surface area (Å²) in [6.07, 6.45) is -3.49. The molecule has 0 aliphatic carbocycles. The van der Waals surface area contributed by atoms with E-state index in [-0.39, 0.29) is 18.3 Å². The summed E-state index contributed by atoms with van der Waals surface area (Å²) in [4.78, 5) is 31.9. The van der Waals surface area contributed by atoms with Gasteiger partial charge in [-0.15, -0.1) is 0 Å². The number of carbonyl (C=O) groups is 2. The second-order valence-corrected chi connectivity index (χ2v) is 9.25. The molecule has 2 heterocycles. The van der Waals surface area contributed by atoms with Crippen molar-refractivity contribution in [2.45, 2.75) is 32.5 Å². The SMILES string of the molecule is CCOC(=O)C1=C(C)N=C2SCCCN2[C@H]1c1ccc(NC(=O)Nc2ccc(C(F)(F)F)cc2)cc1. The van der Waals surface area contributed by atoms with Crippen molar-refractivity contribution in [2.75, 3.05) is 29.5 Å². The predicted octanol–water partition coefficient (Wildman–Crippen LogP) is 6.04. The fourth-order valence-corrected chi connectivity index (χ4v) is 5.09. The highest BCUT2D eigenvalue weighted by atomic mass is 32.2. The number of hydrogen-bond acceptors (Lipinski definition) is 6. The third-order valence-electron chi connectivity index (χ3n) is 5.71. The lowest BCUT2D eigenvalue weighted by Gasteiger charge is -2.40. The summed E-state index contributed by atoms with van der Waals surface area (Å²) in [7, 11) is 0. The van der Waals surface area contributed by atoms with E-state index >= 15 is 0 Å². The van der Waals surface area contributed by atoms with E-state index in [1.807, 2.05) is 12.1 Å². The Morgan fingerprint density at radius 1 is 1.08 bits per heavy atom. The summed E-state index contributed by atoms with van der Waals surface area (Å²) >= 11 is 1.65. The number of rotatable bonds is 5. The van der Waals surface area contributed by atoms with Gasteiger partial charge in [0.25, 0.3) is 0 Å². The molecule has 0 aromatic heterocycles. The minimum Gasteiger partial charge on any atom is -0.463 e. The van der Waals surface area contributed by atoms with Gasteiger partial charge in [-0.2, -0.15) is 13.2 Å². The molecule has 2 aromatic carbocycles. The van der Waals surface area contributed by atoms with Gasteiger partial charge in [0.2, 0.25) is 0 Å². The number of amidine groups is 1. The monoisotopic (exact) mass is 518 g/mol. The Hall–Kier alpha value is -3.47. The van der Waals surface area contributed by atoms with Crippen LogP contribution in [-0.4, -0.2) is 41.0 Å². The Kier molecular flexibility index (Phi) is 7.58. The predicted molar refractivity (Wildman–Crippen MR) is 134 cm³/mol. The number of carbonyl (C=O) groups excluding carboxylic acids is 2. The highest BCUT2D eigenvalue weighted by Gasteiger charge is 2.37. The molecule has 0 unspecified atom stereocenters. The summed E-state index contributed by atoms with van der Waals surface area (Å²) in [5.74, 6) is 0.553. The number of urea groups is 1. The standard InChI is InChI=1S/C25H25F3N4O3S/c1-3-35-22(33)20-15(2)29-24-32(13-4-14-36-24)21(20)16-5-9-18(10-6-16)30-23(34)31-19-11-7-17(8-12-19)25(26,27)28/h5-12,21H,3-4,13-14H2,1-2H3,(H2,30,31,34)/t21-/m0/s1. The van der Waals surface area contributed by atoms with Crippen LogP contribution in [0.25, 0.3) is 0 Å². The number of allylic oxidation sites excluding steroid dienone is 1. The number of nitrogens with zero attached hydrogens (tertiary/aromatic N) is 2. The smallest absolute Gasteiger partial charge is 0.416 e. The molecule has 2 N–H and O–H groups in total. The molecule has 0 saturated carbocycles. The Morgan fingerprint density at radius 3 is 2.28 bits per heavy atom. The van der Waals surface area contributed by atoms with E-state index in [4.69, 9.17) is 4.74 Å². The van der Waals surface area contributed by atoms with Crippen LogP contribution >= 0.6 is 11.8 Å². The first-order valence-corrected chi connectivity index (χ1v) is 12.4. The Morgan fingerprint density at radius 2 is 1.69 bits per heavy atom. The number of fused-ring (bicyclic) bond motifs is 1. The van der Waals surface area contributed by atoms with Gasteiger partial charge in [-0.05, 0) is 62.2 Å². The molecular formula is C25H25F3N4O3S. The molecule has 4 rings (SSSR count). The lowest BCUT2D eigenvalue weighted by atomic mass is 9.94. The first kappa shape index (κ1) is 25.6. The van der Waals surface area contributed by atoms with Gasteiger partial charge < -0.3 is 20.3 Å². The molecule has 0 radical (unpaired) electrons. The van der Waals surface area contributed by atoms with Gasteiger partial charge >= 0.3 is 18.2 Å². The molecule has 11 heteroatoms. The fraction of sp³-hybridized carbons (Fsp3) is 0.320. The number of anilines is 2. The Bertz CT molecular complexity index is 1190. The number of nitrogens with one attached hydrogen (secondary N) is 2. The molecule has 1 saturated heterocycles. The Balaban J connectivity index is 1.49. The van der Waals surface area contributed by atoms with Gasteiger partial charge in [0.1, 0.15) is 0 Å². The van der Waals surface area contributed by atoms with E-state index in [0.29, 0.717) is 17.0 Å². The van der Waals surface area contributed by atoms with E-state index in [1.54, 1.807) is 37.7 Å². The van der Waals surface area contributed by atoms with E-state index in [0.717, 1.165) is 41.6 Å². The van der Waals surface area contributed by atoms with Gasteiger partial charge in [-0.25, -0.2) is 14.6 Å². The molecule has 2 aliphatic rings. The van der Waals surface area contributed by atoms with Crippen LogP contribution in [0.1, 0.15) is 37.4 Å². The van der Waals surface area contributed by atoms with Crippen LogP contribution in [0.4, 0.5) is 29.3 Å². The number of thioether (sulfide) groups is 1. The topological polar surface area (TPSA) is 83.0 Å². The second-order valence-electron chi connectivity index (χ2n) is 8.19. The summed E-state index contributed by atoms with van der Waals surface area (Å²) in [5.41, 5.74) is 1.88. The largest absolute Gasteiger partial charge is 0.463 e. The van der Waals surface area contributed by atoms with Gasteiger partial charge in [-0.3, -0.25) is 0 Å². The first-order chi connectivity index (χ1) is 17.2. The van der Waals surface area contributed by atoms with E-state index in [1.165, 1.54) is 12.1 Å². The van der Waals surface area contributed by atoms with Crippen molar-refractivity contribution < 1.29 is 27.5 Å². The van der Waals surface area contributed by atoms with Gasteiger partial charge in [0, 0.05) is 23.7 Å². The van der Waals surface area contributed by atoms with Crippen LogP contribution in [0, 0.1) is 0 Å². The molecule has 2 aliphatic heterocycles. The third kappa shape index (κ3) is 5.67. The number of benzene rings is 2. The van der Waals surface area contributed by atoms with Crippen LogP contribution in [0.5, 0.6) is 0 Å². The summed E-state index contributed by atoms with van der Waals surface area (Å²) in [6, 6.07) is 10.3. The number of alkyl halides is 3. The maximum absolute atomic E-state index is 12.8. The molecule has 7 nitrogen and oxygen atoms in total. The second kappa shape index (κ2) is 10.7. The van der Waals surface area contributed by atoms with Crippen LogP contribution in [0.2, 0.25) is 0 Å². The molecule has 36 heavy (non-hydrogen) atoms. The summed E-state index contributed by atoms with van der Waals surface area (Å²) in [6.45, 7) is 4.57. The molecule has 2 amide bonds. The van der Waals surface area contributed by atoms with Crippen LogP contribution < -0.4 is 10.6 Å². The van der Waals surface area contributed by atoms with Crippen molar-refractivity contribution >= 4 is 40.3 Å². The van der Waals surface area contributed by atoms with Crippen molar-refractivity contribution in [1.82, 2.24) is 4.90 Å². The fourth-order valence-electron chi connectivity index (χ4n) is 4.07. The zero-order chi connectivity index (χ0) is 25.9. The van der Waals surface area contributed by atoms with Crippen LogP contribution in [0.3, 0.4) is 0 Å². The van der Waals surface area contributed by atoms with Crippen molar-refractivity contribution in [2.24, 2.45) is 4.99 Å². The minimum atomic E-state index is -4.44. The number of hydrogen-bond donors (Lipinski definition) is 2. The van der Waals surface area contributed by atoms with Crippen molar-refractivity contribution in [3.8, 4) is 0 Å². The maximum Gasteiger partial charge on any atom is 0.416 e. The quantitative estimate of drug-likeness (QED) is 0.472. The molecule has 1 atom stereocenters. The highest BCUT2D eigenvalue weighted by Crippen LogP contribution is 2.40. The minimum absolute atomic E-state index is 0.230. The van der Waals surface area contributed by atoms with Crippen molar-refractivity contribution in [3.05, 3.63) is 70.9 Å². The zero-order valence-electron chi connectivity index (χ0n) is 19.7. The van der Waals surface area contributed by atoms with Crippen LogP contribution in [0.15, 0.2) is 64.8 Å². The van der Waals surface area contributed by atoms with Crippen LogP contribution in [-0.2, 0) is 15.7 Å². The first-order valence-electron chi connectivity index (χ1n) is 11.4. The van der Waals surface area contributed by atoms with Gasteiger partial charge in [0.05, 0.1) is 29.5 Å². The number of aliphatic imine (C=N–C) groups is 1. The maximum atomic E-state index is 12.8. The van der Waals surface area contributed by atoms with E-state index in [9.17, 15) is 22.8 Å². The molecule has 190 valence electrons. The number of ether oxygens (including phenoxy) is 1. The lowest BCUT2D eigenvalue weighted by molar-refractivity contribution is -0.139. The number of amides is 2. The molecule has 2 aromatic rings. The normalized spacial score (nSPS) is 17.8. The van der Waals surface area contributed by atoms with E-state index in [2.05, 4.69) is 20.5 Å². The van der Waals surface area contributed by atoms with Gasteiger partial charge in [0.15, 0.2) is 5.17 Å². The average molecular weight is 519 g/mol. The van der Waals surface area contributed by atoms with E-state index < -0.39 is 23.7 Å². The lowest BCUT2D eigenvalue weighted by Crippen LogP contribution is -2.42. The molecular weight excluding hydrogens is 493 g/mol. The molecule has 1 fully saturated rings. The third-order valence-corrected chi connectivity index (χ3v) is 6.78. The zero-order valence-corrected chi connectivity index (χ0v) is 20.5. The van der Waals surface area contributed by atoms with Crippen molar-refractivity contribution in [3.63, 3.8) is 0 Å².